The van der Waals surface area contributed by atoms with E-state index in [4.69, 9.17) is 23.2 Å². The first kappa shape index (κ1) is 16.8. The van der Waals surface area contributed by atoms with Crippen molar-refractivity contribution >= 4 is 29.1 Å². The summed E-state index contributed by atoms with van der Waals surface area (Å²) in [4.78, 5) is 12.4. The normalized spacial score (nSPS) is 12.5. The van der Waals surface area contributed by atoms with Crippen molar-refractivity contribution in [3.8, 4) is 11.3 Å². The number of aromatic amines is 1. The molecule has 118 valence electrons. The lowest BCUT2D eigenvalue weighted by Gasteiger charge is -2.19. The zero-order valence-corrected chi connectivity index (χ0v) is 13.7. The highest BCUT2D eigenvalue weighted by Gasteiger charge is 2.21. The average Bonchev–Trinajstić information content (AvgIpc) is 2.93. The van der Waals surface area contributed by atoms with Gasteiger partial charge in [0.2, 0.25) is 0 Å². The minimum Gasteiger partial charge on any atom is -0.394 e. The van der Waals surface area contributed by atoms with Gasteiger partial charge in [-0.05, 0) is 24.1 Å². The van der Waals surface area contributed by atoms with Crippen molar-refractivity contribution < 1.29 is 9.90 Å². The van der Waals surface area contributed by atoms with E-state index in [1.54, 1.807) is 18.2 Å². The Labute approximate surface area is 138 Å². The van der Waals surface area contributed by atoms with E-state index in [-0.39, 0.29) is 24.5 Å². The fourth-order valence-electron chi connectivity index (χ4n) is 2.03. The molecule has 2 aromatic rings. The van der Waals surface area contributed by atoms with Gasteiger partial charge in [0, 0.05) is 10.6 Å². The molecule has 1 amide bonds. The van der Waals surface area contributed by atoms with E-state index in [0.29, 0.717) is 26.9 Å². The molecule has 0 saturated heterocycles. The van der Waals surface area contributed by atoms with Crippen molar-refractivity contribution in [1.29, 1.82) is 0 Å². The van der Waals surface area contributed by atoms with Crippen LogP contribution in [0.1, 0.15) is 24.2 Å². The maximum absolute atomic E-state index is 12.4. The van der Waals surface area contributed by atoms with Crippen LogP contribution in [-0.4, -0.2) is 33.9 Å². The van der Waals surface area contributed by atoms with Crippen LogP contribution < -0.4 is 5.32 Å². The molecule has 0 bridgehead atoms. The summed E-state index contributed by atoms with van der Waals surface area (Å²) in [6, 6.07) is 4.69. The van der Waals surface area contributed by atoms with Crippen LogP contribution in [0.5, 0.6) is 0 Å². The Morgan fingerprint density at radius 1 is 1.41 bits per heavy atom. The van der Waals surface area contributed by atoms with Crippen LogP contribution >= 0.6 is 23.2 Å². The quantitative estimate of drug-likeness (QED) is 0.781. The number of benzene rings is 1. The van der Waals surface area contributed by atoms with Crippen molar-refractivity contribution in [2.75, 3.05) is 6.61 Å². The second-order valence-electron chi connectivity index (χ2n) is 5.29. The van der Waals surface area contributed by atoms with Crippen molar-refractivity contribution in [3.05, 3.63) is 40.0 Å². The van der Waals surface area contributed by atoms with Gasteiger partial charge in [0.05, 0.1) is 35.1 Å². The van der Waals surface area contributed by atoms with Crippen LogP contribution in [0.15, 0.2) is 24.4 Å². The molecule has 1 atom stereocenters. The number of nitrogens with one attached hydrogen (secondary N) is 2. The summed E-state index contributed by atoms with van der Waals surface area (Å²) in [6.07, 6.45) is 1.43. The molecule has 0 saturated carbocycles. The lowest BCUT2D eigenvalue weighted by atomic mass is 10.0. The molecule has 1 aromatic carbocycles. The summed E-state index contributed by atoms with van der Waals surface area (Å²) in [7, 11) is 0. The monoisotopic (exact) mass is 341 g/mol. The number of aromatic nitrogens is 2. The Hall–Kier alpha value is -1.56. The molecule has 0 fully saturated rings. The van der Waals surface area contributed by atoms with E-state index < -0.39 is 0 Å². The first-order valence-electron chi connectivity index (χ1n) is 6.84. The molecular formula is C15H17Cl2N3O2. The Morgan fingerprint density at radius 2 is 2.14 bits per heavy atom. The zero-order chi connectivity index (χ0) is 16.3. The average molecular weight is 342 g/mol. The number of hydrogen-bond donors (Lipinski definition) is 3. The lowest BCUT2D eigenvalue weighted by molar-refractivity contribution is 0.0897. The molecule has 1 aromatic heterocycles. The Morgan fingerprint density at radius 3 is 2.73 bits per heavy atom. The number of H-pyrrole nitrogens is 1. The number of aliphatic hydroxyl groups excluding tert-OH is 1. The van der Waals surface area contributed by atoms with Crippen LogP contribution in [0.25, 0.3) is 11.3 Å². The first-order chi connectivity index (χ1) is 10.4. The van der Waals surface area contributed by atoms with Gasteiger partial charge >= 0.3 is 0 Å². The molecule has 0 aliphatic rings. The van der Waals surface area contributed by atoms with Gasteiger partial charge in [-0.25, -0.2) is 0 Å². The standard InChI is InChI=1S/C15H17Cl2N3O2/c1-8(2)13(7-21)19-15(22)11-6-18-20-14(11)10-4-3-9(16)5-12(10)17/h3-6,8,13,21H,7H2,1-2H3,(H,18,20)(H,19,22)/t13-/m0/s1. The largest absolute Gasteiger partial charge is 0.394 e. The number of halogens is 2. The molecule has 0 aliphatic heterocycles. The fourth-order valence-corrected chi connectivity index (χ4v) is 2.53. The molecule has 1 heterocycles. The summed E-state index contributed by atoms with van der Waals surface area (Å²) in [6.45, 7) is 3.72. The van der Waals surface area contributed by atoms with Gasteiger partial charge in [0.1, 0.15) is 0 Å². The number of amides is 1. The molecular weight excluding hydrogens is 325 g/mol. The maximum atomic E-state index is 12.4. The first-order valence-corrected chi connectivity index (χ1v) is 7.60. The minimum atomic E-state index is -0.323. The summed E-state index contributed by atoms with van der Waals surface area (Å²) < 4.78 is 0. The van der Waals surface area contributed by atoms with E-state index >= 15 is 0 Å². The van der Waals surface area contributed by atoms with Crippen LogP contribution in [-0.2, 0) is 0 Å². The summed E-state index contributed by atoms with van der Waals surface area (Å²) in [5.74, 6) is -0.203. The summed E-state index contributed by atoms with van der Waals surface area (Å²) in [5, 5.41) is 19.8. The molecule has 0 aliphatic carbocycles. The fraction of sp³-hybridized carbons (Fsp3) is 0.333. The van der Waals surface area contributed by atoms with Gasteiger partial charge in [0.15, 0.2) is 0 Å². The highest BCUT2D eigenvalue weighted by Crippen LogP contribution is 2.31. The van der Waals surface area contributed by atoms with E-state index in [1.807, 2.05) is 13.8 Å². The minimum absolute atomic E-state index is 0.114. The number of rotatable bonds is 5. The van der Waals surface area contributed by atoms with E-state index in [0.717, 1.165) is 0 Å². The van der Waals surface area contributed by atoms with Gasteiger partial charge in [-0.3, -0.25) is 9.89 Å². The third-order valence-corrected chi connectivity index (χ3v) is 3.95. The second-order valence-corrected chi connectivity index (χ2v) is 6.13. The van der Waals surface area contributed by atoms with Crippen molar-refractivity contribution in [3.63, 3.8) is 0 Å². The number of nitrogens with zero attached hydrogens (tertiary/aromatic N) is 1. The van der Waals surface area contributed by atoms with Crippen LogP contribution in [0.4, 0.5) is 0 Å². The summed E-state index contributed by atoms with van der Waals surface area (Å²) >= 11 is 12.1. The molecule has 3 N–H and O–H groups in total. The third-order valence-electron chi connectivity index (χ3n) is 3.40. The highest BCUT2D eigenvalue weighted by atomic mass is 35.5. The molecule has 0 radical (unpaired) electrons. The Bertz CT molecular complexity index is 671. The SMILES string of the molecule is CC(C)[C@H](CO)NC(=O)c1cn[nH]c1-c1ccc(Cl)cc1Cl. The van der Waals surface area contributed by atoms with E-state index in [2.05, 4.69) is 15.5 Å². The van der Waals surface area contributed by atoms with Gasteiger partial charge < -0.3 is 10.4 Å². The lowest BCUT2D eigenvalue weighted by Crippen LogP contribution is -2.41. The summed E-state index contributed by atoms with van der Waals surface area (Å²) in [5.41, 5.74) is 1.52. The van der Waals surface area contributed by atoms with Gasteiger partial charge in [-0.2, -0.15) is 5.10 Å². The third kappa shape index (κ3) is 3.61. The van der Waals surface area contributed by atoms with Gasteiger partial charge in [0.25, 0.3) is 5.91 Å². The van der Waals surface area contributed by atoms with Crippen molar-refractivity contribution in [2.45, 2.75) is 19.9 Å². The van der Waals surface area contributed by atoms with Gasteiger partial charge in [-0.1, -0.05) is 37.0 Å². The van der Waals surface area contributed by atoms with Gasteiger partial charge in [-0.15, -0.1) is 0 Å². The number of aliphatic hydroxyl groups is 1. The van der Waals surface area contributed by atoms with Crippen LogP contribution in [0.2, 0.25) is 10.0 Å². The Balaban J connectivity index is 2.31. The van der Waals surface area contributed by atoms with E-state index in [9.17, 15) is 9.90 Å². The predicted molar refractivity (Wildman–Crippen MR) is 87.2 cm³/mol. The molecule has 0 unspecified atom stereocenters. The number of carbonyl (C=O) groups is 1. The number of carbonyl (C=O) groups excluding carboxylic acids is 1. The Kier molecular flexibility index (Phi) is 5.45. The zero-order valence-electron chi connectivity index (χ0n) is 12.2. The van der Waals surface area contributed by atoms with Crippen LogP contribution in [0, 0.1) is 5.92 Å². The predicted octanol–water partition coefficient (Wildman–Crippen LogP) is 3.13. The molecule has 0 spiro atoms. The van der Waals surface area contributed by atoms with Crippen molar-refractivity contribution in [1.82, 2.24) is 15.5 Å². The molecule has 2 rings (SSSR count). The second kappa shape index (κ2) is 7.13. The maximum Gasteiger partial charge on any atom is 0.255 e. The van der Waals surface area contributed by atoms with Crippen molar-refractivity contribution in [2.24, 2.45) is 5.92 Å². The molecule has 5 nitrogen and oxygen atoms in total. The smallest absolute Gasteiger partial charge is 0.255 e. The van der Waals surface area contributed by atoms with E-state index in [1.165, 1.54) is 6.20 Å². The molecule has 7 heteroatoms. The number of hydrogen-bond acceptors (Lipinski definition) is 3. The van der Waals surface area contributed by atoms with Crippen LogP contribution in [0.3, 0.4) is 0 Å². The molecule has 22 heavy (non-hydrogen) atoms. The topological polar surface area (TPSA) is 78.0 Å². The highest BCUT2D eigenvalue weighted by molar-refractivity contribution is 6.36.